The highest BCUT2D eigenvalue weighted by molar-refractivity contribution is 7.89. The Morgan fingerprint density at radius 2 is 1.67 bits per heavy atom. The number of nitrogens with one attached hydrogen (secondary N) is 2. The molecule has 0 aliphatic carbocycles. The van der Waals surface area contributed by atoms with Crippen LogP contribution in [0.2, 0.25) is 0 Å². The van der Waals surface area contributed by atoms with Crippen LogP contribution in [0.5, 0.6) is 5.75 Å². The summed E-state index contributed by atoms with van der Waals surface area (Å²) >= 11 is 0. The van der Waals surface area contributed by atoms with E-state index in [1.165, 1.54) is 0 Å². The van der Waals surface area contributed by atoms with E-state index < -0.39 is 16.1 Å². The number of hydrogen-bond acceptors (Lipinski definition) is 6. The predicted molar refractivity (Wildman–Crippen MR) is 165 cm³/mol. The lowest BCUT2D eigenvalue weighted by molar-refractivity contribution is -0.141. The van der Waals surface area contributed by atoms with Gasteiger partial charge in [-0.25, -0.2) is 13.1 Å². The lowest BCUT2D eigenvalue weighted by atomic mass is 10.0. The first-order valence-electron chi connectivity index (χ1n) is 14.7. The van der Waals surface area contributed by atoms with Gasteiger partial charge in [-0.1, -0.05) is 61.5 Å². The van der Waals surface area contributed by atoms with Gasteiger partial charge in [-0.3, -0.25) is 9.59 Å². The third-order valence-electron chi connectivity index (χ3n) is 7.51. The van der Waals surface area contributed by atoms with Gasteiger partial charge >= 0.3 is 0 Å². The molecular formula is C33H41N3O6S. The molecule has 1 aliphatic rings. The minimum absolute atomic E-state index is 0.0219. The van der Waals surface area contributed by atoms with E-state index in [4.69, 9.17) is 9.47 Å². The lowest BCUT2D eigenvalue weighted by Gasteiger charge is -2.32. The Morgan fingerprint density at radius 3 is 2.30 bits per heavy atom. The Labute approximate surface area is 254 Å². The lowest BCUT2D eigenvalue weighted by Crippen LogP contribution is -2.51. The van der Waals surface area contributed by atoms with Crippen molar-refractivity contribution in [3.63, 3.8) is 0 Å². The summed E-state index contributed by atoms with van der Waals surface area (Å²) in [5.74, 6) is 0.309. The molecule has 0 spiro atoms. The monoisotopic (exact) mass is 607 g/mol. The fraction of sp³-hybridized carbons (Fsp3) is 0.394. The number of carbonyl (C=O) groups excluding carboxylic acids is 2. The number of sulfonamides is 1. The Hall–Kier alpha value is -3.73. The highest BCUT2D eigenvalue weighted by Gasteiger charge is 2.31. The van der Waals surface area contributed by atoms with Gasteiger partial charge in [0.25, 0.3) is 0 Å². The number of benzene rings is 3. The van der Waals surface area contributed by atoms with Gasteiger partial charge in [-0.05, 0) is 60.2 Å². The molecule has 1 heterocycles. The average molecular weight is 608 g/mol. The van der Waals surface area contributed by atoms with Crippen molar-refractivity contribution >= 4 is 21.8 Å². The molecule has 2 atom stereocenters. The quantitative estimate of drug-likeness (QED) is 0.271. The van der Waals surface area contributed by atoms with Crippen molar-refractivity contribution in [3.8, 4) is 5.75 Å². The topological polar surface area (TPSA) is 114 Å². The molecule has 1 saturated heterocycles. The molecule has 230 valence electrons. The van der Waals surface area contributed by atoms with Gasteiger partial charge in [0.1, 0.15) is 11.8 Å². The van der Waals surface area contributed by atoms with Crippen LogP contribution in [0.1, 0.15) is 42.9 Å². The Balaban J connectivity index is 1.56. The highest BCUT2D eigenvalue weighted by Crippen LogP contribution is 2.20. The second kappa shape index (κ2) is 15.7. The second-order valence-electron chi connectivity index (χ2n) is 10.6. The smallest absolute Gasteiger partial charge is 0.243 e. The standard InChI is InChI=1S/C33H41N3O6S/c1-3-35-43(39,40)30-18-13-25(14-19-30)15-20-32(37)36(24-27-11-16-28(41-2)17-12-27)31(22-26-8-5-4-6-9-26)33(38)34-23-29-10-7-21-42-29/h4-6,8-9,11-14,16-19,29,31,35H,3,7,10,15,20-24H2,1-2H3,(H,34,38)/t29-,31+/m0/s1. The first-order valence-corrected chi connectivity index (χ1v) is 16.2. The zero-order valence-electron chi connectivity index (χ0n) is 24.8. The van der Waals surface area contributed by atoms with Crippen molar-refractivity contribution in [2.24, 2.45) is 0 Å². The van der Waals surface area contributed by atoms with Crippen LogP contribution in [0.25, 0.3) is 0 Å². The Kier molecular flexibility index (Phi) is 11.7. The summed E-state index contributed by atoms with van der Waals surface area (Å²) in [7, 11) is -1.96. The van der Waals surface area contributed by atoms with E-state index in [0.29, 0.717) is 38.3 Å². The van der Waals surface area contributed by atoms with Crippen LogP contribution in [0.15, 0.2) is 83.8 Å². The second-order valence-corrected chi connectivity index (χ2v) is 12.4. The van der Waals surface area contributed by atoms with E-state index in [0.717, 1.165) is 29.5 Å². The van der Waals surface area contributed by atoms with Crippen LogP contribution in [0, 0.1) is 0 Å². The van der Waals surface area contributed by atoms with E-state index >= 15 is 0 Å². The summed E-state index contributed by atoms with van der Waals surface area (Å²) in [4.78, 5) is 29.5. The third kappa shape index (κ3) is 9.38. The molecule has 1 aliphatic heterocycles. The fourth-order valence-corrected chi connectivity index (χ4v) is 6.16. The zero-order chi connectivity index (χ0) is 30.7. The van der Waals surface area contributed by atoms with Crippen LogP contribution in [0.4, 0.5) is 0 Å². The number of nitrogens with zero attached hydrogens (tertiary/aromatic N) is 1. The first-order chi connectivity index (χ1) is 20.8. The van der Waals surface area contributed by atoms with Crippen molar-refractivity contribution < 1.29 is 27.5 Å². The normalized spacial score (nSPS) is 15.5. The summed E-state index contributed by atoms with van der Waals surface area (Å²) in [5, 5.41) is 3.05. The zero-order valence-corrected chi connectivity index (χ0v) is 25.6. The molecule has 3 aromatic carbocycles. The van der Waals surface area contributed by atoms with Crippen molar-refractivity contribution in [2.75, 3.05) is 26.8 Å². The number of ether oxygens (including phenoxy) is 2. The Morgan fingerprint density at radius 1 is 0.977 bits per heavy atom. The van der Waals surface area contributed by atoms with Gasteiger partial charge in [0.05, 0.1) is 18.1 Å². The van der Waals surface area contributed by atoms with E-state index in [9.17, 15) is 18.0 Å². The molecule has 10 heteroatoms. The molecule has 0 unspecified atom stereocenters. The van der Waals surface area contributed by atoms with E-state index in [-0.39, 0.29) is 35.8 Å². The van der Waals surface area contributed by atoms with Crippen molar-refractivity contribution in [3.05, 3.63) is 95.6 Å². The molecule has 1 fully saturated rings. The van der Waals surface area contributed by atoms with Gasteiger partial charge in [-0.15, -0.1) is 0 Å². The molecule has 43 heavy (non-hydrogen) atoms. The van der Waals surface area contributed by atoms with Gasteiger partial charge in [-0.2, -0.15) is 0 Å². The van der Waals surface area contributed by atoms with E-state index in [1.54, 1.807) is 43.2 Å². The van der Waals surface area contributed by atoms with Crippen LogP contribution in [-0.2, 0) is 43.7 Å². The highest BCUT2D eigenvalue weighted by atomic mass is 32.2. The van der Waals surface area contributed by atoms with Crippen molar-refractivity contribution in [1.29, 1.82) is 0 Å². The molecule has 0 saturated carbocycles. The number of methoxy groups -OCH3 is 1. The maximum absolute atomic E-state index is 13.9. The SMILES string of the molecule is CCNS(=O)(=O)c1ccc(CCC(=O)N(Cc2ccc(OC)cc2)[C@H](Cc2ccccc2)C(=O)NC[C@@H]2CCCO2)cc1. The molecule has 0 bridgehead atoms. The molecule has 2 amide bonds. The first kappa shape index (κ1) is 32.2. The fourth-order valence-electron chi connectivity index (χ4n) is 5.12. The minimum Gasteiger partial charge on any atom is -0.497 e. The summed E-state index contributed by atoms with van der Waals surface area (Å²) in [5.41, 5.74) is 2.65. The summed E-state index contributed by atoms with van der Waals surface area (Å²) in [6, 6.07) is 22.9. The maximum atomic E-state index is 13.9. The molecule has 0 radical (unpaired) electrons. The number of aryl methyl sites for hydroxylation is 1. The average Bonchev–Trinajstić information content (AvgIpc) is 3.55. The van der Waals surface area contributed by atoms with E-state index in [2.05, 4.69) is 10.0 Å². The Bertz CT molecular complexity index is 1420. The summed E-state index contributed by atoms with van der Waals surface area (Å²) in [6.45, 7) is 3.36. The van der Waals surface area contributed by atoms with Crippen LogP contribution < -0.4 is 14.8 Å². The molecular weight excluding hydrogens is 566 g/mol. The molecule has 3 aromatic rings. The number of carbonyl (C=O) groups is 2. The van der Waals surface area contributed by atoms with Crippen molar-refractivity contribution in [1.82, 2.24) is 14.9 Å². The molecule has 0 aromatic heterocycles. The molecule has 2 N–H and O–H groups in total. The van der Waals surface area contributed by atoms with Gasteiger partial charge in [0.2, 0.25) is 21.8 Å². The summed E-state index contributed by atoms with van der Waals surface area (Å²) in [6.07, 6.45) is 2.75. The maximum Gasteiger partial charge on any atom is 0.243 e. The van der Waals surface area contributed by atoms with Gasteiger partial charge < -0.3 is 19.7 Å². The third-order valence-corrected chi connectivity index (χ3v) is 9.07. The number of hydrogen-bond donors (Lipinski definition) is 2. The summed E-state index contributed by atoms with van der Waals surface area (Å²) < 4.78 is 38.1. The minimum atomic E-state index is -3.56. The van der Waals surface area contributed by atoms with Gasteiger partial charge in [0, 0.05) is 39.1 Å². The van der Waals surface area contributed by atoms with Crippen LogP contribution in [-0.4, -0.2) is 64.1 Å². The van der Waals surface area contributed by atoms with Crippen molar-refractivity contribution in [2.45, 2.75) is 62.6 Å². The number of amides is 2. The molecule has 4 rings (SSSR count). The number of rotatable bonds is 15. The van der Waals surface area contributed by atoms with E-state index in [1.807, 2.05) is 54.6 Å². The predicted octanol–water partition coefficient (Wildman–Crippen LogP) is 3.86. The largest absolute Gasteiger partial charge is 0.497 e. The van der Waals surface area contributed by atoms with Crippen LogP contribution >= 0.6 is 0 Å². The molecule has 9 nitrogen and oxygen atoms in total. The van der Waals surface area contributed by atoms with Crippen LogP contribution in [0.3, 0.4) is 0 Å². The van der Waals surface area contributed by atoms with Gasteiger partial charge in [0.15, 0.2) is 0 Å².